The number of hydrogen-bond acceptors (Lipinski definition) is 3. The van der Waals surface area contributed by atoms with Crippen LogP contribution in [0.4, 0.5) is 10.1 Å². The lowest BCUT2D eigenvalue weighted by Crippen LogP contribution is -2.36. The van der Waals surface area contributed by atoms with Crippen LogP contribution in [-0.4, -0.2) is 31.7 Å². The molecule has 2 aromatic rings. The fourth-order valence-corrected chi connectivity index (χ4v) is 5.20. The Morgan fingerprint density at radius 2 is 1.81 bits per heavy atom. The predicted octanol–water partition coefficient (Wildman–Crippen LogP) is 4.32. The monoisotopic (exact) mass is 454 g/mol. The maximum atomic E-state index is 14.3. The van der Waals surface area contributed by atoms with E-state index in [1.54, 1.807) is 6.07 Å². The normalized spacial score (nSPS) is 15.5. The average molecular weight is 455 g/mol. The molecule has 1 aliphatic heterocycles. The van der Waals surface area contributed by atoms with Gasteiger partial charge in [0, 0.05) is 23.1 Å². The van der Waals surface area contributed by atoms with Crippen molar-refractivity contribution in [1.29, 1.82) is 0 Å². The molecule has 1 saturated heterocycles. The van der Waals surface area contributed by atoms with Crippen LogP contribution in [0.3, 0.4) is 0 Å². The second-order valence-electron chi connectivity index (χ2n) is 6.55. The number of nitrogens with one attached hydrogen (secondary N) is 1. The van der Waals surface area contributed by atoms with Crippen LogP contribution in [0.1, 0.15) is 35.2 Å². The van der Waals surface area contributed by atoms with E-state index < -0.39 is 26.6 Å². The van der Waals surface area contributed by atoms with Crippen LogP contribution < -0.4 is 5.32 Å². The van der Waals surface area contributed by atoms with Crippen LogP contribution in [-0.2, 0) is 10.0 Å². The highest BCUT2D eigenvalue weighted by Gasteiger charge is 2.29. The third kappa shape index (κ3) is 4.39. The summed E-state index contributed by atoms with van der Waals surface area (Å²) in [6.07, 6.45) is 2.47. The number of anilines is 1. The van der Waals surface area contributed by atoms with Gasteiger partial charge >= 0.3 is 0 Å². The molecule has 0 saturated carbocycles. The number of amides is 1. The summed E-state index contributed by atoms with van der Waals surface area (Å²) in [7, 11) is -3.97. The number of carbonyl (C=O) groups is 1. The van der Waals surface area contributed by atoms with Gasteiger partial charge in [-0.3, -0.25) is 4.79 Å². The van der Waals surface area contributed by atoms with Crippen LogP contribution in [0.5, 0.6) is 0 Å². The number of nitrogens with zero attached hydrogens (tertiary/aromatic N) is 1. The maximum absolute atomic E-state index is 14.3. The van der Waals surface area contributed by atoms with Crippen molar-refractivity contribution in [2.24, 2.45) is 0 Å². The fraction of sp³-hybridized carbons (Fsp3) is 0.316. The van der Waals surface area contributed by atoms with Crippen LogP contribution in [0.15, 0.2) is 45.8 Å². The topological polar surface area (TPSA) is 66.5 Å². The van der Waals surface area contributed by atoms with Crippen LogP contribution in [0.2, 0.25) is 0 Å². The molecule has 5 nitrogen and oxygen atoms in total. The molecule has 0 unspecified atom stereocenters. The fourth-order valence-electron chi connectivity index (χ4n) is 3.00. The number of aryl methyl sites for hydroxylation is 1. The summed E-state index contributed by atoms with van der Waals surface area (Å²) in [5, 5.41) is 2.71. The molecular weight excluding hydrogens is 435 g/mol. The number of piperidine rings is 1. The zero-order valence-corrected chi connectivity index (χ0v) is 17.2. The minimum absolute atomic E-state index is 0.0828. The molecule has 1 N–H and O–H groups in total. The maximum Gasteiger partial charge on any atom is 0.255 e. The van der Waals surface area contributed by atoms with Gasteiger partial charge < -0.3 is 5.32 Å². The van der Waals surface area contributed by atoms with Gasteiger partial charge in [0.15, 0.2) is 0 Å². The SMILES string of the molecule is Cc1ccc(NC(=O)c2ccc(F)c(S(=O)(=O)N3CCCCC3)c2)c(Br)c1. The van der Waals surface area contributed by atoms with Crippen molar-refractivity contribution in [3.63, 3.8) is 0 Å². The Morgan fingerprint density at radius 1 is 1.11 bits per heavy atom. The summed E-state index contributed by atoms with van der Waals surface area (Å²) in [6.45, 7) is 2.66. The highest BCUT2D eigenvalue weighted by atomic mass is 79.9. The minimum Gasteiger partial charge on any atom is -0.321 e. The Balaban J connectivity index is 1.89. The molecule has 27 heavy (non-hydrogen) atoms. The first-order chi connectivity index (χ1) is 12.8. The molecule has 144 valence electrons. The first-order valence-electron chi connectivity index (χ1n) is 8.66. The van der Waals surface area contributed by atoms with Crippen molar-refractivity contribution in [2.75, 3.05) is 18.4 Å². The van der Waals surface area contributed by atoms with Crippen molar-refractivity contribution >= 4 is 37.5 Å². The van der Waals surface area contributed by atoms with E-state index in [4.69, 9.17) is 0 Å². The first-order valence-corrected chi connectivity index (χ1v) is 10.9. The van der Waals surface area contributed by atoms with E-state index in [2.05, 4.69) is 21.2 Å². The van der Waals surface area contributed by atoms with Gasteiger partial charge in [-0.2, -0.15) is 4.31 Å². The molecule has 8 heteroatoms. The predicted molar refractivity (Wildman–Crippen MR) is 106 cm³/mol. The number of hydrogen-bond donors (Lipinski definition) is 1. The van der Waals surface area contributed by atoms with Gasteiger partial charge in [0.1, 0.15) is 10.7 Å². The molecule has 0 atom stereocenters. The van der Waals surface area contributed by atoms with Crippen LogP contribution >= 0.6 is 15.9 Å². The van der Waals surface area contributed by atoms with Crippen molar-refractivity contribution in [3.05, 3.63) is 57.8 Å². The Hall–Kier alpha value is -1.77. The van der Waals surface area contributed by atoms with E-state index in [0.29, 0.717) is 23.2 Å². The second kappa shape index (κ2) is 8.08. The summed E-state index contributed by atoms with van der Waals surface area (Å²) in [4.78, 5) is 12.1. The van der Waals surface area contributed by atoms with Gasteiger partial charge in [0.25, 0.3) is 5.91 Å². The number of halogens is 2. The molecule has 1 amide bonds. The van der Waals surface area contributed by atoms with Crippen molar-refractivity contribution in [1.82, 2.24) is 4.31 Å². The highest BCUT2D eigenvalue weighted by Crippen LogP contribution is 2.26. The van der Waals surface area contributed by atoms with Gasteiger partial charge in [0.05, 0.1) is 5.69 Å². The van der Waals surface area contributed by atoms with E-state index >= 15 is 0 Å². The molecule has 0 aromatic heterocycles. The van der Waals surface area contributed by atoms with E-state index in [-0.39, 0.29) is 5.56 Å². The van der Waals surface area contributed by atoms with E-state index in [9.17, 15) is 17.6 Å². The molecule has 1 heterocycles. The van der Waals surface area contributed by atoms with Crippen LogP contribution in [0, 0.1) is 12.7 Å². The number of rotatable bonds is 4. The Bertz CT molecular complexity index is 973. The third-order valence-corrected chi connectivity index (χ3v) is 7.07. The summed E-state index contributed by atoms with van der Waals surface area (Å²) in [5.74, 6) is -1.36. The molecule has 0 bridgehead atoms. The van der Waals surface area contributed by atoms with Gasteiger partial charge in [-0.15, -0.1) is 0 Å². The Kier molecular flexibility index (Phi) is 5.98. The number of sulfonamides is 1. The molecule has 3 rings (SSSR count). The molecule has 0 aliphatic carbocycles. The lowest BCUT2D eigenvalue weighted by molar-refractivity contribution is 0.102. The summed E-state index contributed by atoms with van der Waals surface area (Å²) >= 11 is 3.38. The lowest BCUT2D eigenvalue weighted by atomic mass is 10.2. The number of carbonyl (C=O) groups excluding carboxylic acids is 1. The lowest BCUT2D eigenvalue weighted by Gasteiger charge is -2.26. The molecule has 1 aliphatic rings. The van der Waals surface area contributed by atoms with E-state index in [0.717, 1.165) is 37.0 Å². The van der Waals surface area contributed by atoms with Gasteiger partial charge in [-0.25, -0.2) is 12.8 Å². The standard InChI is InChI=1S/C19H20BrFN2O3S/c1-13-5-8-17(15(20)11-13)22-19(24)14-6-7-16(21)18(12-14)27(25,26)23-9-3-2-4-10-23/h5-8,11-12H,2-4,9-10H2,1H3,(H,22,24). The quantitative estimate of drug-likeness (QED) is 0.747. The molecule has 0 spiro atoms. The molecule has 2 aromatic carbocycles. The van der Waals surface area contributed by atoms with Crippen molar-refractivity contribution in [3.8, 4) is 0 Å². The summed E-state index contributed by atoms with van der Waals surface area (Å²) < 4.78 is 41.8. The largest absolute Gasteiger partial charge is 0.321 e. The average Bonchev–Trinajstić information content (AvgIpc) is 2.65. The summed E-state index contributed by atoms with van der Waals surface area (Å²) in [5.41, 5.74) is 1.66. The molecular formula is C19H20BrFN2O3S. The summed E-state index contributed by atoms with van der Waals surface area (Å²) in [6, 6.07) is 8.85. The smallest absolute Gasteiger partial charge is 0.255 e. The van der Waals surface area contributed by atoms with E-state index in [1.165, 1.54) is 10.4 Å². The Labute approximate surface area is 166 Å². The van der Waals surface area contributed by atoms with Gasteiger partial charge in [-0.05, 0) is 71.6 Å². The van der Waals surface area contributed by atoms with Crippen LogP contribution in [0.25, 0.3) is 0 Å². The highest BCUT2D eigenvalue weighted by molar-refractivity contribution is 9.10. The first kappa shape index (κ1) is 20.0. The van der Waals surface area contributed by atoms with Gasteiger partial charge in [-0.1, -0.05) is 12.5 Å². The van der Waals surface area contributed by atoms with E-state index in [1.807, 2.05) is 19.1 Å². The van der Waals surface area contributed by atoms with Crippen molar-refractivity contribution < 1.29 is 17.6 Å². The number of benzene rings is 2. The molecule has 1 fully saturated rings. The third-order valence-electron chi connectivity index (χ3n) is 4.50. The zero-order chi connectivity index (χ0) is 19.6. The minimum atomic E-state index is -3.97. The molecule has 0 radical (unpaired) electrons. The Morgan fingerprint density at radius 3 is 2.48 bits per heavy atom. The zero-order valence-electron chi connectivity index (χ0n) is 14.8. The second-order valence-corrected chi connectivity index (χ2v) is 9.31. The van der Waals surface area contributed by atoms with Gasteiger partial charge in [0.2, 0.25) is 10.0 Å². The van der Waals surface area contributed by atoms with Crippen molar-refractivity contribution in [2.45, 2.75) is 31.1 Å².